The Morgan fingerprint density at radius 2 is 1.74 bits per heavy atom. The van der Waals surface area contributed by atoms with Crippen LogP contribution in [-0.2, 0) is 14.3 Å². The van der Waals surface area contributed by atoms with Crippen LogP contribution in [-0.4, -0.2) is 41.7 Å². The first-order valence-electron chi connectivity index (χ1n) is 10.1. The molecule has 2 aromatic carbocycles. The minimum Gasteiger partial charge on any atom is -0.463 e. The second kappa shape index (κ2) is 9.84. The fourth-order valence-electron chi connectivity index (χ4n) is 3.26. The van der Waals surface area contributed by atoms with Crippen molar-refractivity contribution in [3.63, 3.8) is 0 Å². The van der Waals surface area contributed by atoms with Crippen LogP contribution in [0.3, 0.4) is 0 Å². The first-order valence-corrected chi connectivity index (χ1v) is 10.1. The van der Waals surface area contributed by atoms with E-state index >= 15 is 0 Å². The number of ether oxygens (including phenoxy) is 1. The van der Waals surface area contributed by atoms with Crippen LogP contribution in [0.25, 0.3) is 6.08 Å². The molecule has 1 aliphatic rings. The number of rotatable bonds is 8. The minimum absolute atomic E-state index is 0.178. The molecule has 1 heterocycles. The Bertz CT molecular complexity index is 1040. The lowest BCUT2D eigenvalue weighted by atomic mass is 10.1. The highest BCUT2D eigenvalue weighted by molar-refractivity contribution is 6.21. The lowest BCUT2D eigenvalue weighted by molar-refractivity contribution is -0.137. The fourth-order valence-corrected chi connectivity index (χ4v) is 3.26. The van der Waals surface area contributed by atoms with Crippen molar-refractivity contribution in [3.8, 4) is 0 Å². The third-order valence-corrected chi connectivity index (χ3v) is 4.80. The average Bonchev–Trinajstić information content (AvgIpc) is 2.97. The Labute approximate surface area is 180 Å². The van der Waals surface area contributed by atoms with E-state index in [1.807, 2.05) is 6.92 Å². The molecule has 0 unspecified atom stereocenters. The summed E-state index contributed by atoms with van der Waals surface area (Å²) >= 11 is 0. The number of nitrogens with zero attached hydrogens (tertiary/aromatic N) is 1. The summed E-state index contributed by atoms with van der Waals surface area (Å²) in [6, 6.07) is 12.2. The van der Waals surface area contributed by atoms with Gasteiger partial charge in [-0.3, -0.25) is 19.3 Å². The first-order chi connectivity index (χ1) is 14.9. The quantitative estimate of drug-likeness (QED) is 0.400. The predicted molar refractivity (Wildman–Crippen MR) is 117 cm³/mol. The molecule has 1 aliphatic heterocycles. The van der Waals surface area contributed by atoms with Gasteiger partial charge in [-0.1, -0.05) is 23.8 Å². The van der Waals surface area contributed by atoms with Crippen molar-refractivity contribution in [1.82, 2.24) is 4.90 Å². The van der Waals surface area contributed by atoms with Gasteiger partial charge in [-0.2, -0.15) is 0 Å². The standard InChI is InChI=1S/C24H24N2O5/c1-3-31-22(28)13-9-17-7-10-18(11-8-17)25-21(27)5-4-14-26-23(29)19-12-6-16(2)15-20(19)24(26)30/h6-13,15H,3-5,14H2,1-2H3,(H,25,27)/b13-9+. The van der Waals surface area contributed by atoms with E-state index in [2.05, 4.69) is 5.32 Å². The van der Waals surface area contributed by atoms with E-state index in [4.69, 9.17) is 4.74 Å². The second-order valence-electron chi connectivity index (χ2n) is 7.17. The molecule has 2 aromatic rings. The highest BCUT2D eigenvalue weighted by Gasteiger charge is 2.34. The summed E-state index contributed by atoms with van der Waals surface area (Å²) in [6.07, 6.45) is 3.53. The number of hydrogen-bond acceptors (Lipinski definition) is 5. The Morgan fingerprint density at radius 3 is 2.45 bits per heavy atom. The SMILES string of the molecule is CCOC(=O)/C=C/c1ccc(NC(=O)CCCN2C(=O)c3ccc(C)cc3C2=O)cc1. The smallest absolute Gasteiger partial charge is 0.330 e. The van der Waals surface area contributed by atoms with Crippen LogP contribution in [0.1, 0.15) is 51.6 Å². The first kappa shape index (κ1) is 22.0. The highest BCUT2D eigenvalue weighted by atomic mass is 16.5. The zero-order chi connectivity index (χ0) is 22.4. The van der Waals surface area contributed by atoms with E-state index < -0.39 is 5.97 Å². The van der Waals surface area contributed by atoms with E-state index in [0.717, 1.165) is 11.1 Å². The summed E-state index contributed by atoms with van der Waals surface area (Å²) in [6.45, 7) is 4.12. The fraction of sp³-hybridized carbons (Fsp3) is 0.250. The lowest BCUT2D eigenvalue weighted by Gasteiger charge is -2.13. The molecule has 3 amide bonds. The van der Waals surface area contributed by atoms with Crippen molar-refractivity contribution in [3.05, 3.63) is 70.8 Å². The van der Waals surface area contributed by atoms with Crippen molar-refractivity contribution in [1.29, 1.82) is 0 Å². The van der Waals surface area contributed by atoms with Gasteiger partial charge in [-0.15, -0.1) is 0 Å². The van der Waals surface area contributed by atoms with E-state index in [-0.39, 0.29) is 30.7 Å². The van der Waals surface area contributed by atoms with Crippen LogP contribution in [0.2, 0.25) is 0 Å². The Balaban J connectivity index is 1.47. The number of nitrogens with one attached hydrogen (secondary N) is 1. The van der Waals surface area contributed by atoms with Crippen LogP contribution in [0.4, 0.5) is 5.69 Å². The van der Waals surface area contributed by atoms with Gasteiger partial charge in [-0.25, -0.2) is 4.79 Å². The van der Waals surface area contributed by atoms with Crippen LogP contribution in [0, 0.1) is 6.92 Å². The molecule has 0 bridgehead atoms. The summed E-state index contributed by atoms with van der Waals surface area (Å²) in [5.41, 5.74) is 3.17. The van der Waals surface area contributed by atoms with Gasteiger partial charge in [0.25, 0.3) is 11.8 Å². The zero-order valence-corrected chi connectivity index (χ0v) is 17.5. The molecule has 0 saturated heterocycles. The molecule has 3 rings (SSSR count). The van der Waals surface area contributed by atoms with Crippen LogP contribution in [0.15, 0.2) is 48.5 Å². The van der Waals surface area contributed by atoms with Gasteiger partial charge in [-0.05, 0) is 56.2 Å². The molecule has 0 aromatic heterocycles. The van der Waals surface area contributed by atoms with Crippen molar-refractivity contribution in [2.75, 3.05) is 18.5 Å². The maximum atomic E-state index is 12.5. The molecule has 160 valence electrons. The zero-order valence-electron chi connectivity index (χ0n) is 17.5. The molecular weight excluding hydrogens is 396 g/mol. The van der Waals surface area contributed by atoms with E-state index in [1.54, 1.807) is 55.5 Å². The van der Waals surface area contributed by atoms with Crippen molar-refractivity contribution in [2.45, 2.75) is 26.7 Å². The summed E-state index contributed by atoms with van der Waals surface area (Å²) in [5.74, 6) is -1.24. The average molecular weight is 420 g/mol. The van der Waals surface area contributed by atoms with Gasteiger partial charge in [0.15, 0.2) is 0 Å². The minimum atomic E-state index is -0.409. The third kappa shape index (κ3) is 5.45. The number of carbonyl (C=O) groups excluding carboxylic acids is 4. The summed E-state index contributed by atoms with van der Waals surface area (Å²) in [5, 5.41) is 2.78. The molecule has 31 heavy (non-hydrogen) atoms. The molecule has 0 aliphatic carbocycles. The number of fused-ring (bicyclic) bond motifs is 1. The molecule has 0 radical (unpaired) electrons. The maximum absolute atomic E-state index is 12.5. The van der Waals surface area contributed by atoms with Crippen molar-refractivity contribution in [2.24, 2.45) is 0 Å². The molecule has 0 fully saturated rings. The van der Waals surface area contributed by atoms with E-state index in [9.17, 15) is 19.2 Å². The number of benzene rings is 2. The van der Waals surface area contributed by atoms with Gasteiger partial charge in [0.05, 0.1) is 17.7 Å². The Morgan fingerprint density at radius 1 is 1.03 bits per heavy atom. The molecule has 7 nitrogen and oxygen atoms in total. The maximum Gasteiger partial charge on any atom is 0.330 e. The lowest BCUT2D eigenvalue weighted by Crippen LogP contribution is -2.31. The molecule has 0 saturated carbocycles. The predicted octanol–water partition coefficient (Wildman–Crippen LogP) is 3.59. The topological polar surface area (TPSA) is 92.8 Å². The number of hydrogen-bond donors (Lipinski definition) is 1. The van der Waals surface area contributed by atoms with Crippen LogP contribution < -0.4 is 5.32 Å². The van der Waals surface area contributed by atoms with E-state index in [0.29, 0.717) is 29.8 Å². The van der Waals surface area contributed by atoms with Gasteiger partial charge in [0.1, 0.15) is 0 Å². The van der Waals surface area contributed by atoms with Gasteiger partial charge >= 0.3 is 5.97 Å². The number of carbonyl (C=O) groups is 4. The van der Waals surface area contributed by atoms with Gasteiger partial charge in [0.2, 0.25) is 5.91 Å². The van der Waals surface area contributed by atoms with Gasteiger partial charge < -0.3 is 10.1 Å². The highest BCUT2D eigenvalue weighted by Crippen LogP contribution is 2.24. The number of aryl methyl sites for hydroxylation is 1. The normalized spacial score (nSPS) is 12.9. The second-order valence-corrected chi connectivity index (χ2v) is 7.17. The molecule has 7 heteroatoms. The number of amides is 3. The molecule has 1 N–H and O–H groups in total. The van der Waals surface area contributed by atoms with Crippen molar-refractivity contribution < 1.29 is 23.9 Å². The third-order valence-electron chi connectivity index (χ3n) is 4.80. The summed E-state index contributed by atoms with van der Waals surface area (Å²) in [7, 11) is 0. The largest absolute Gasteiger partial charge is 0.463 e. The number of imide groups is 1. The van der Waals surface area contributed by atoms with Crippen LogP contribution in [0.5, 0.6) is 0 Å². The summed E-state index contributed by atoms with van der Waals surface area (Å²) < 4.78 is 4.82. The Hall–Kier alpha value is -3.74. The van der Waals surface area contributed by atoms with Crippen molar-refractivity contribution >= 4 is 35.5 Å². The van der Waals surface area contributed by atoms with Crippen LogP contribution >= 0.6 is 0 Å². The monoisotopic (exact) mass is 420 g/mol. The molecule has 0 spiro atoms. The van der Waals surface area contributed by atoms with Gasteiger partial charge in [0, 0.05) is 24.7 Å². The number of esters is 1. The Kier molecular flexibility index (Phi) is 6.97. The number of anilines is 1. The molecular formula is C24H24N2O5. The van der Waals surface area contributed by atoms with E-state index in [1.165, 1.54) is 11.0 Å². The summed E-state index contributed by atoms with van der Waals surface area (Å²) in [4.78, 5) is 49.6. The molecule has 0 atom stereocenters.